The fraction of sp³-hybridized carbons (Fsp3) is 0.0588. The lowest BCUT2D eigenvalue weighted by molar-refractivity contribution is 0.627. The summed E-state index contributed by atoms with van der Waals surface area (Å²) in [4.78, 5) is -0.193. The summed E-state index contributed by atoms with van der Waals surface area (Å²) in [6.45, 7) is 0. The Hall–Kier alpha value is -1.45. The molecule has 0 aliphatic rings. The van der Waals surface area contributed by atoms with Gasteiger partial charge in [0.2, 0.25) is 0 Å². The Labute approximate surface area is 134 Å². The van der Waals surface area contributed by atoms with Crippen LogP contribution in [-0.2, 0) is 0 Å². The van der Waals surface area contributed by atoms with Gasteiger partial charge in [-0.2, -0.15) is 0 Å². The summed E-state index contributed by atoms with van der Waals surface area (Å²) in [6, 6.07) is 15.0. The van der Waals surface area contributed by atoms with E-state index in [0.29, 0.717) is 5.39 Å². The maximum absolute atomic E-state index is 13.9. The second-order valence-corrected chi connectivity index (χ2v) is 6.04. The van der Waals surface area contributed by atoms with Gasteiger partial charge < -0.3 is 0 Å². The first kappa shape index (κ1) is 14.5. The maximum atomic E-state index is 13.9. The predicted molar refractivity (Wildman–Crippen MR) is 86.1 cm³/mol. The van der Waals surface area contributed by atoms with E-state index in [9.17, 15) is 8.78 Å². The molecule has 106 valence electrons. The smallest absolute Gasteiger partial charge is 0.141 e. The quantitative estimate of drug-likeness (QED) is 0.469. The molecule has 0 nitrogen and oxygen atoms in total. The lowest BCUT2D eigenvalue weighted by Crippen LogP contribution is -1.96. The minimum absolute atomic E-state index is 0.0726. The van der Waals surface area contributed by atoms with Crippen molar-refractivity contribution in [2.24, 2.45) is 0 Å². The largest absolute Gasteiger partial charge is 0.206 e. The fourth-order valence-corrected chi connectivity index (χ4v) is 3.23. The molecule has 1 atom stereocenters. The molecule has 1 unspecified atom stereocenters. The highest BCUT2D eigenvalue weighted by Gasteiger charge is 2.16. The third-order valence-corrected chi connectivity index (χ3v) is 4.73. The standard InChI is InChI=1S/C17H10BrClF2/c18-17(10-5-7-16(21)14(19)9-10)13-6-8-15(20)12-4-2-1-3-11(12)13/h1-9,17H. The number of benzene rings is 3. The third kappa shape index (κ3) is 2.68. The normalized spacial score (nSPS) is 12.6. The Morgan fingerprint density at radius 1 is 0.857 bits per heavy atom. The van der Waals surface area contributed by atoms with Crippen LogP contribution in [0.15, 0.2) is 54.6 Å². The van der Waals surface area contributed by atoms with Crippen LogP contribution in [0.4, 0.5) is 8.78 Å². The molecule has 0 bridgehead atoms. The van der Waals surface area contributed by atoms with Gasteiger partial charge in [-0.3, -0.25) is 0 Å². The van der Waals surface area contributed by atoms with Crippen molar-refractivity contribution in [2.75, 3.05) is 0 Å². The van der Waals surface area contributed by atoms with Gasteiger partial charge in [-0.25, -0.2) is 8.78 Å². The Kier molecular flexibility index (Phi) is 3.96. The zero-order valence-electron chi connectivity index (χ0n) is 10.8. The molecule has 3 aromatic rings. The highest BCUT2D eigenvalue weighted by molar-refractivity contribution is 9.09. The summed E-state index contributed by atoms with van der Waals surface area (Å²) in [5.41, 5.74) is 1.73. The summed E-state index contributed by atoms with van der Waals surface area (Å²) in [6.07, 6.45) is 0. The van der Waals surface area contributed by atoms with Gasteiger partial charge in [0, 0.05) is 5.39 Å². The van der Waals surface area contributed by atoms with Crippen molar-refractivity contribution in [2.45, 2.75) is 4.83 Å². The van der Waals surface area contributed by atoms with Gasteiger partial charge in [-0.15, -0.1) is 0 Å². The molecule has 0 fully saturated rings. The summed E-state index contributed by atoms with van der Waals surface area (Å²) in [7, 11) is 0. The third-order valence-electron chi connectivity index (χ3n) is 3.41. The van der Waals surface area contributed by atoms with Crippen LogP contribution in [-0.4, -0.2) is 0 Å². The molecule has 3 aromatic carbocycles. The molecule has 0 radical (unpaired) electrons. The van der Waals surface area contributed by atoms with Crippen molar-refractivity contribution in [3.05, 3.63) is 82.4 Å². The molecule has 0 spiro atoms. The monoisotopic (exact) mass is 366 g/mol. The molecular weight excluding hydrogens is 358 g/mol. The molecule has 3 rings (SSSR count). The SMILES string of the molecule is Fc1ccc(C(Br)c2ccc(F)c3ccccc23)cc1Cl. The maximum Gasteiger partial charge on any atom is 0.141 e. The minimum atomic E-state index is -0.455. The zero-order chi connectivity index (χ0) is 15.0. The van der Waals surface area contributed by atoms with E-state index in [0.717, 1.165) is 16.5 Å². The van der Waals surface area contributed by atoms with Crippen LogP contribution in [0.3, 0.4) is 0 Å². The average molecular weight is 368 g/mol. The number of rotatable bonds is 2. The van der Waals surface area contributed by atoms with Crippen LogP contribution in [0.1, 0.15) is 16.0 Å². The average Bonchev–Trinajstić information content (AvgIpc) is 2.50. The van der Waals surface area contributed by atoms with Crippen molar-refractivity contribution in [1.29, 1.82) is 0 Å². The molecule has 0 aliphatic heterocycles. The second kappa shape index (κ2) is 5.74. The van der Waals surface area contributed by atoms with Crippen LogP contribution in [0.5, 0.6) is 0 Å². The fourth-order valence-electron chi connectivity index (χ4n) is 2.36. The molecule has 4 heteroatoms. The van der Waals surface area contributed by atoms with Crippen LogP contribution in [0.2, 0.25) is 5.02 Å². The van der Waals surface area contributed by atoms with Crippen LogP contribution in [0.25, 0.3) is 10.8 Å². The molecule has 0 saturated carbocycles. The van der Waals surface area contributed by atoms with Gasteiger partial charge >= 0.3 is 0 Å². The molecule has 0 aliphatic carbocycles. The lowest BCUT2D eigenvalue weighted by Gasteiger charge is -2.14. The zero-order valence-corrected chi connectivity index (χ0v) is 13.1. The number of alkyl halides is 1. The number of halogens is 4. The highest BCUT2D eigenvalue weighted by atomic mass is 79.9. The van der Waals surface area contributed by atoms with Gasteiger partial charge in [0.15, 0.2) is 0 Å². The summed E-state index contributed by atoms with van der Waals surface area (Å²) < 4.78 is 27.1. The molecule has 0 N–H and O–H groups in total. The van der Waals surface area contributed by atoms with E-state index >= 15 is 0 Å². The lowest BCUT2D eigenvalue weighted by atomic mass is 9.98. The van der Waals surface area contributed by atoms with Crippen molar-refractivity contribution < 1.29 is 8.78 Å². The first-order valence-electron chi connectivity index (χ1n) is 6.34. The van der Waals surface area contributed by atoms with Crippen molar-refractivity contribution in [3.63, 3.8) is 0 Å². The number of hydrogen-bond acceptors (Lipinski definition) is 0. The Bertz CT molecular complexity index is 817. The summed E-state index contributed by atoms with van der Waals surface area (Å²) in [5.74, 6) is -0.713. The Balaban J connectivity index is 2.15. The first-order valence-corrected chi connectivity index (χ1v) is 7.63. The minimum Gasteiger partial charge on any atom is -0.206 e. The molecular formula is C17H10BrClF2. The Morgan fingerprint density at radius 3 is 2.24 bits per heavy atom. The molecule has 0 saturated heterocycles. The van der Waals surface area contributed by atoms with Crippen molar-refractivity contribution >= 4 is 38.3 Å². The van der Waals surface area contributed by atoms with Gasteiger partial charge in [-0.1, -0.05) is 63.9 Å². The molecule has 0 aromatic heterocycles. The number of hydrogen-bond donors (Lipinski definition) is 0. The van der Waals surface area contributed by atoms with E-state index in [-0.39, 0.29) is 15.7 Å². The van der Waals surface area contributed by atoms with Crippen molar-refractivity contribution in [3.8, 4) is 0 Å². The van der Waals surface area contributed by atoms with E-state index in [1.54, 1.807) is 30.3 Å². The first-order chi connectivity index (χ1) is 10.1. The highest BCUT2D eigenvalue weighted by Crippen LogP contribution is 2.37. The van der Waals surface area contributed by atoms with E-state index < -0.39 is 5.82 Å². The van der Waals surface area contributed by atoms with Gasteiger partial charge in [-0.05, 0) is 34.7 Å². The van der Waals surface area contributed by atoms with E-state index in [1.807, 2.05) is 12.1 Å². The molecule has 0 amide bonds. The Morgan fingerprint density at radius 2 is 1.52 bits per heavy atom. The molecule has 0 heterocycles. The van der Waals surface area contributed by atoms with Crippen LogP contribution >= 0.6 is 27.5 Å². The number of fused-ring (bicyclic) bond motifs is 1. The topological polar surface area (TPSA) is 0 Å². The van der Waals surface area contributed by atoms with Gasteiger partial charge in [0.1, 0.15) is 11.6 Å². The van der Waals surface area contributed by atoms with Crippen LogP contribution < -0.4 is 0 Å². The van der Waals surface area contributed by atoms with E-state index in [1.165, 1.54) is 12.1 Å². The van der Waals surface area contributed by atoms with Gasteiger partial charge in [0.05, 0.1) is 9.85 Å². The van der Waals surface area contributed by atoms with E-state index in [4.69, 9.17) is 11.6 Å². The van der Waals surface area contributed by atoms with Crippen molar-refractivity contribution in [1.82, 2.24) is 0 Å². The molecule has 21 heavy (non-hydrogen) atoms. The second-order valence-electron chi connectivity index (χ2n) is 4.72. The van der Waals surface area contributed by atoms with E-state index in [2.05, 4.69) is 15.9 Å². The summed E-state index contributed by atoms with van der Waals surface area (Å²) in [5, 5.41) is 1.45. The van der Waals surface area contributed by atoms with Crippen LogP contribution in [0, 0.1) is 11.6 Å². The predicted octanol–water partition coefficient (Wildman–Crippen LogP) is 6.26. The van der Waals surface area contributed by atoms with Gasteiger partial charge in [0.25, 0.3) is 0 Å². The summed E-state index contributed by atoms with van der Waals surface area (Å²) >= 11 is 9.43.